The van der Waals surface area contributed by atoms with E-state index in [1.165, 1.54) is 5.56 Å². The van der Waals surface area contributed by atoms with Gasteiger partial charge in [0.2, 0.25) is 5.91 Å². The zero-order chi connectivity index (χ0) is 16.9. The fraction of sp³-hybridized carbons (Fsp3) is 0.300. The Morgan fingerprint density at radius 3 is 2.46 bits per heavy atom. The first kappa shape index (κ1) is 16.2. The second kappa shape index (κ2) is 7.30. The van der Waals surface area contributed by atoms with Crippen LogP contribution in [0.5, 0.6) is 5.75 Å². The molecule has 4 heteroatoms. The number of aryl methyl sites for hydroxylation is 1. The molecule has 1 amide bonds. The largest absolute Gasteiger partial charge is 0.426 e. The highest BCUT2D eigenvalue weighted by molar-refractivity contribution is 5.87. The van der Waals surface area contributed by atoms with E-state index in [9.17, 15) is 9.59 Å². The average molecular weight is 323 g/mol. The lowest BCUT2D eigenvalue weighted by Crippen LogP contribution is -2.27. The molecule has 0 saturated carbocycles. The number of nitrogens with zero attached hydrogens (tertiary/aromatic N) is 1. The molecule has 1 atom stereocenters. The van der Waals surface area contributed by atoms with Gasteiger partial charge in [-0.1, -0.05) is 49.4 Å². The van der Waals surface area contributed by atoms with Gasteiger partial charge in [-0.15, -0.1) is 0 Å². The van der Waals surface area contributed by atoms with Gasteiger partial charge in [-0.3, -0.25) is 9.59 Å². The molecule has 1 heterocycles. The summed E-state index contributed by atoms with van der Waals surface area (Å²) in [5.41, 5.74) is 2.26. The monoisotopic (exact) mass is 323 g/mol. The lowest BCUT2D eigenvalue weighted by atomic mass is 10.1. The maximum atomic E-state index is 12.3. The smallest absolute Gasteiger partial charge is 0.316 e. The van der Waals surface area contributed by atoms with E-state index >= 15 is 0 Å². The van der Waals surface area contributed by atoms with Gasteiger partial charge in [-0.25, -0.2) is 0 Å². The molecule has 1 aliphatic heterocycles. The van der Waals surface area contributed by atoms with Crippen molar-refractivity contribution >= 4 is 11.9 Å². The Kier molecular flexibility index (Phi) is 4.94. The first-order valence-electron chi connectivity index (χ1n) is 8.28. The molecule has 24 heavy (non-hydrogen) atoms. The molecule has 0 aromatic heterocycles. The van der Waals surface area contributed by atoms with E-state index in [2.05, 4.69) is 6.92 Å². The molecule has 0 aliphatic carbocycles. The van der Waals surface area contributed by atoms with Crippen molar-refractivity contribution in [2.24, 2.45) is 5.92 Å². The van der Waals surface area contributed by atoms with Gasteiger partial charge in [0.05, 0.1) is 5.92 Å². The van der Waals surface area contributed by atoms with Crippen LogP contribution in [0.15, 0.2) is 54.6 Å². The summed E-state index contributed by atoms with van der Waals surface area (Å²) >= 11 is 0. The predicted octanol–water partition coefficient (Wildman–Crippen LogP) is 3.20. The third-order valence-corrected chi connectivity index (χ3v) is 4.31. The second-order valence-electron chi connectivity index (χ2n) is 6.08. The number of hydrogen-bond donors (Lipinski definition) is 0. The van der Waals surface area contributed by atoms with Crippen LogP contribution < -0.4 is 4.74 Å². The first-order valence-corrected chi connectivity index (χ1v) is 8.28. The molecular weight excluding hydrogens is 302 g/mol. The Hall–Kier alpha value is -2.62. The number of carbonyl (C=O) groups is 2. The van der Waals surface area contributed by atoms with E-state index in [1.54, 1.807) is 17.0 Å². The van der Waals surface area contributed by atoms with Crippen molar-refractivity contribution in [2.45, 2.75) is 26.3 Å². The lowest BCUT2D eigenvalue weighted by molar-refractivity contribution is -0.139. The number of amides is 1. The van der Waals surface area contributed by atoms with Crippen LogP contribution in [-0.4, -0.2) is 23.3 Å². The quantitative estimate of drug-likeness (QED) is 0.627. The molecule has 0 bridgehead atoms. The number of hydrogen-bond acceptors (Lipinski definition) is 3. The molecule has 4 nitrogen and oxygen atoms in total. The van der Waals surface area contributed by atoms with Crippen LogP contribution in [-0.2, 0) is 22.6 Å². The van der Waals surface area contributed by atoms with Crippen LogP contribution in [0.3, 0.4) is 0 Å². The molecule has 3 rings (SSSR count). The summed E-state index contributed by atoms with van der Waals surface area (Å²) in [5, 5.41) is 0. The van der Waals surface area contributed by atoms with E-state index in [4.69, 9.17) is 4.74 Å². The fourth-order valence-corrected chi connectivity index (χ4v) is 2.88. The van der Waals surface area contributed by atoms with Gasteiger partial charge in [-0.05, 0) is 29.7 Å². The van der Waals surface area contributed by atoms with E-state index in [-0.39, 0.29) is 18.3 Å². The average Bonchev–Trinajstić information content (AvgIpc) is 2.97. The van der Waals surface area contributed by atoms with E-state index < -0.39 is 5.92 Å². The minimum absolute atomic E-state index is 0.00198. The topological polar surface area (TPSA) is 46.6 Å². The van der Waals surface area contributed by atoms with Crippen molar-refractivity contribution in [3.8, 4) is 5.75 Å². The van der Waals surface area contributed by atoms with E-state index in [0.717, 1.165) is 12.0 Å². The van der Waals surface area contributed by atoms with Crippen LogP contribution in [0.2, 0.25) is 0 Å². The highest BCUT2D eigenvalue weighted by Crippen LogP contribution is 2.23. The van der Waals surface area contributed by atoms with Crippen LogP contribution in [0, 0.1) is 5.92 Å². The Balaban J connectivity index is 1.59. The highest BCUT2D eigenvalue weighted by Gasteiger charge is 2.35. The third-order valence-electron chi connectivity index (χ3n) is 4.31. The zero-order valence-corrected chi connectivity index (χ0v) is 13.8. The van der Waals surface area contributed by atoms with E-state index in [1.807, 2.05) is 42.5 Å². The number of esters is 1. The first-order chi connectivity index (χ1) is 11.7. The minimum atomic E-state index is -0.396. The molecule has 2 aromatic rings. The standard InChI is InChI=1S/C20H21NO3/c1-2-15-8-10-18(11-9-15)24-20(23)17-12-19(22)21(14-17)13-16-6-4-3-5-7-16/h3-11,17H,2,12-14H2,1H3/t17-/m1/s1. The van der Waals surface area contributed by atoms with Gasteiger partial charge in [0, 0.05) is 19.5 Å². The van der Waals surface area contributed by atoms with Crippen molar-refractivity contribution in [3.63, 3.8) is 0 Å². The summed E-state index contributed by atoms with van der Waals surface area (Å²) in [4.78, 5) is 26.2. The predicted molar refractivity (Wildman–Crippen MR) is 91.4 cm³/mol. The Bertz CT molecular complexity index is 709. The maximum absolute atomic E-state index is 12.3. The van der Waals surface area contributed by atoms with Crippen molar-refractivity contribution < 1.29 is 14.3 Å². The lowest BCUT2D eigenvalue weighted by Gasteiger charge is -2.16. The maximum Gasteiger partial charge on any atom is 0.316 e. The third kappa shape index (κ3) is 3.82. The van der Waals surface area contributed by atoms with E-state index in [0.29, 0.717) is 18.8 Å². The molecular formula is C20H21NO3. The van der Waals surface area contributed by atoms with Crippen molar-refractivity contribution in [2.75, 3.05) is 6.54 Å². The van der Waals surface area contributed by atoms with Gasteiger partial charge in [0.15, 0.2) is 0 Å². The van der Waals surface area contributed by atoms with Crippen molar-refractivity contribution in [1.29, 1.82) is 0 Å². The summed E-state index contributed by atoms with van der Waals surface area (Å²) < 4.78 is 5.43. The molecule has 0 N–H and O–H groups in total. The second-order valence-corrected chi connectivity index (χ2v) is 6.08. The Labute approximate surface area is 142 Å². The highest BCUT2D eigenvalue weighted by atomic mass is 16.5. The van der Waals surface area contributed by atoms with Gasteiger partial charge in [0.25, 0.3) is 0 Å². The Morgan fingerprint density at radius 2 is 1.79 bits per heavy atom. The summed E-state index contributed by atoms with van der Waals surface area (Å²) in [7, 11) is 0. The molecule has 1 aliphatic rings. The number of benzene rings is 2. The van der Waals surface area contributed by atoms with Crippen molar-refractivity contribution in [1.82, 2.24) is 4.90 Å². The van der Waals surface area contributed by atoms with Gasteiger partial charge in [0.1, 0.15) is 5.75 Å². The van der Waals surface area contributed by atoms with Crippen LogP contribution in [0.4, 0.5) is 0 Å². The number of likely N-dealkylation sites (tertiary alicyclic amines) is 1. The molecule has 0 spiro atoms. The molecule has 2 aromatic carbocycles. The molecule has 0 radical (unpaired) electrons. The van der Waals surface area contributed by atoms with Crippen LogP contribution >= 0.6 is 0 Å². The fourth-order valence-electron chi connectivity index (χ4n) is 2.88. The van der Waals surface area contributed by atoms with Gasteiger partial charge >= 0.3 is 5.97 Å². The Morgan fingerprint density at radius 1 is 1.08 bits per heavy atom. The minimum Gasteiger partial charge on any atom is -0.426 e. The molecule has 1 saturated heterocycles. The van der Waals surface area contributed by atoms with Gasteiger partial charge < -0.3 is 9.64 Å². The van der Waals surface area contributed by atoms with Crippen LogP contribution in [0.1, 0.15) is 24.5 Å². The molecule has 124 valence electrons. The van der Waals surface area contributed by atoms with Crippen molar-refractivity contribution in [3.05, 3.63) is 65.7 Å². The normalized spacial score (nSPS) is 17.1. The summed E-state index contributed by atoms with van der Waals surface area (Å²) in [5.74, 6) is -0.191. The summed E-state index contributed by atoms with van der Waals surface area (Å²) in [6.07, 6.45) is 1.17. The van der Waals surface area contributed by atoms with Gasteiger partial charge in [-0.2, -0.15) is 0 Å². The zero-order valence-electron chi connectivity index (χ0n) is 13.8. The molecule has 0 unspecified atom stereocenters. The number of carbonyl (C=O) groups excluding carboxylic acids is 2. The number of rotatable bonds is 5. The SMILES string of the molecule is CCc1ccc(OC(=O)[C@@H]2CC(=O)N(Cc3ccccc3)C2)cc1. The number of ether oxygens (including phenoxy) is 1. The molecule has 1 fully saturated rings. The van der Waals surface area contributed by atoms with Crippen LogP contribution in [0.25, 0.3) is 0 Å². The summed E-state index contributed by atoms with van der Waals surface area (Å²) in [6, 6.07) is 17.3. The summed E-state index contributed by atoms with van der Waals surface area (Å²) in [6.45, 7) is 3.03.